The van der Waals surface area contributed by atoms with Crippen LogP contribution in [0.4, 0.5) is 5.69 Å². The Hall–Kier alpha value is -2.66. The Bertz CT molecular complexity index is 805. The Morgan fingerprint density at radius 1 is 1.15 bits per heavy atom. The second kappa shape index (κ2) is 10.5. The van der Waals surface area contributed by atoms with Gasteiger partial charge in [-0.3, -0.25) is 4.79 Å². The summed E-state index contributed by atoms with van der Waals surface area (Å²) in [6.07, 6.45) is 3.99. The highest BCUT2D eigenvalue weighted by atomic mass is 35.5. The van der Waals surface area contributed by atoms with Crippen LogP contribution in [0.5, 0.6) is 17.2 Å². The van der Waals surface area contributed by atoms with Gasteiger partial charge in [0.05, 0.1) is 31.0 Å². The van der Waals surface area contributed by atoms with Gasteiger partial charge < -0.3 is 19.5 Å². The van der Waals surface area contributed by atoms with E-state index in [0.29, 0.717) is 41.2 Å². The van der Waals surface area contributed by atoms with Gasteiger partial charge in [0.15, 0.2) is 11.5 Å². The molecule has 0 fully saturated rings. The van der Waals surface area contributed by atoms with Crippen LogP contribution < -0.4 is 19.5 Å². The van der Waals surface area contributed by atoms with Crippen LogP contribution >= 0.6 is 11.6 Å². The van der Waals surface area contributed by atoms with Crippen LogP contribution in [0, 0.1) is 0 Å². The van der Waals surface area contributed by atoms with Crippen LogP contribution in [-0.2, 0) is 4.79 Å². The van der Waals surface area contributed by atoms with Gasteiger partial charge in [0.2, 0.25) is 5.91 Å². The minimum Gasteiger partial charge on any atom is -0.491 e. The van der Waals surface area contributed by atoms with Crippen LogP contribution in [0.3, 0.4) is 0 Å². The summed E-state index contributed by atoms with van der Waals surface area (Å²) < 4.78 is 16.5. The Morgan fingerprint density at radius 2 is 1.93 bits per heavy atom. The molecule has 0 heterocycles. The average Bonchev–Trinajstić information content (AvgIpc) is 2.66. The lowest BCUT2D eigenvalue weighted by Gasteiger charge is -2.12. The van der Waals surface area contributed by atoms with E-state index in [1.807, 2.05) is 32.0 Å². The maximum atomic E-state index is 12.3. The molecule has 0 aliphatic heterocycles. The molecule has 0 aliphatic carbocycles. The van der Waals surface area contributed by atoms with Gasteiger partial charge in [0, 0.05) is 6.08 Å². The van der Waals surface area contributed by atoms with Crippen molar-refractivity contribution >= 4 is 29.3 Å². The molecule has 0 atom stereocenters. The zero-order chi connectivity index (χ0) is 19.6. The predicted octanol–water partition coefficient (Wildman–Crippen LogP) is 5.19. The summed E-state index contributed by atoms with van der Waals surface area (Å²) in [6, 6.07) is 10.8. The number of anilines is 1. The molecule has 2 aromatic rings. The van der Waals surface area contributed by atoms with Crippen LogP contribution in [0.25, 0.3) is 6.08 Å². The maximum absolute atomic E-state index is 12.3. The zero-order valence-electron chi connectivity index (χ0n) is 15.8. The molecular weight excluding hydrogens is 366 g/mol. The molecule has 2 rings (SSSR count). The molecule has 5 nitrogen and oxygen atoms in total. The first kappa shape index (κ1) is 20.6. The smallest absolute Gasteiger partial charge is 0.248 e. The van der Waals surface area contributed by atoms with Gasteiger partial charge in [-0.05, 0) is 49.2 Å². The molecule has 0 unspecified atom stereocenters. The first-order valence-corrected chi connectivity index (χ1v) is 9.18. The second-order valence-corrected chi connectivity index (χ2v) is 6.04. The van der Waals surface area contributed by atoms with Crippen molar-refractivity contribution in [2.24, 2.45) is 0 Å². The van der Waals surface area contributed by atoms with E-state index in [0.717, 1.165) is 12.0 Å². The van der Waals surface area contributed by atoms with E-state index >= 15 is 0 Å². The summed E-state index contributed by atoms with van der Waals surface area (Å²) in [4.78, 5) is 12.3. The van der Waals surface area contributed by atoms with E-state index < -0.39 is 0 Å². The van der Waals surface area contributed by atoms with E-state index in [2.05, 4.69) is 5.32 Å². The highest BCUT2D eigenvalue weighted by molar-refractivity contribution is 6.32. The van der Waals surface area contributed by atoms with Crippen LogP contribution in [0.2, 0.25) is 5.02 Å². The fourth-order valence-electron chi connectivity index (χ4n) is 2.40. The second-order valence-electron chi connectivity index (χ2n) is 5.63. The largest absolute Gasteiger partial charge is 0.491 e. The number of hydrogen-bond acceptors (Lipinski definition) is 4. The lowest BCUT2D eigenvalue weighted by molar-refractivity contribution is -0.111. The minimum absolute atomic E-state index is 0.271. The van der Waals surface area contributed by atoms with Gasteiger partial charge in [-0.2, -0.15) is 0 Å². The van der Waals surface area contributed by atoms with Crippen molar-refractivity contribution in [3.05, 3.63) is 53.1 Å². The molecule has 2 aromatic carbocycles. The normalized spacial score (nSPS) is 10.7. The summed E-state index contributed by atoms with van der Waals surface area (Å²) in [5, 5.41) is 3.25. The van der Waals surface area contributed by atoms with Gasteiger partial charge in [0.1, 0.15) is 5.75 Å². The number of amides is 1. The van der Waals surface area contributed by atoms with E-state index in [4.69, 9.17) is 25.8 Å². The Balaban J connectivity index is 2.13. The fraction of sp³-hybridized carbons (Fsp3) is 0.286. The standard InChI is InChI=1S/C21H24ClNO4/c1-4-12-27-18-9-7-6-8-17(18)23-20(24)11-10-15-13-16(22)21(25-3)19(14-15)26-5-2/h6-11,13-14H,4-5,12H2,1-3H3,(H,23,24)/b11-10+. The highest BCUT2D eigenvalue weighted by Crippen LogP contribution is 2.36. The van der Waals surface area contributed by atoms with Crippen LogP contribution in [0.1, 0.15) is 25.8 Å². The van der Waals surface area contributed by atoms with Crippen molar-refractivity contribution in [3.8, 4) is 17.2 Å². The Labute approximate surface area is 164 Å². The molecule has 0 saturated heterocycles. The highest BCUT2D eigenvalue weighted by Gasteiger charge is 2.11. The van der Waals surface area contributed by atoms with Gasteiger partial charge in [-0.1, -0.05) is 30.7 Å². The fourth-order valence-corrected chi connectivity index (χ4v) is 2.70. The van der Waals surface area contributed by atoms with Crippen molar-refractivity contribution < 1.29 is 19.0 Å². The van der Waals surface area contributed by atoms with Crippen LogP contribution in [-0.4, -0.2) is 26.2 Å². The van der Waals surface area contributed by atoms with Gasteiger partial charge in [-0.15, -0.1) is 0 Å². The molecular formula is C21H24ClNO4. The van der Waals surface area contributed by atoms with Gasteiger partial charge >= 0.3 is 0 Å². The quantitative estimate of drug-likeness (QED) is 0.600. The minimum atomic E-state index is -0.271. The first-order chi connectivity index (χ1) is 13.1. The van der Waals surface area contributed by atoms with E-state index in [1.165, 1.54) is 13.2 Å². The van der Waals surface area contributed by atoms with Crippen LogP contribution in [0.15, 0.2) is 42.5 Å². The Morgan fingerprint density at radius 3 is 2.63 bits per heavy atom. The van der Waals surface area contributed by atoms with Crippen molar-refractivity contribution in [3.63, 3.8) is 0 Å². The topological polar surface area (TPSA) is 56.8 Å². The van der Waals surface area contributed by atoms with Crippen molar-refractivity contribution in [1.29, 1.82) is 0 Å². The monoisotopic (exact) mass is 389 g/mol. The molecule has 27 heavy (non-hydrogen) atoms. The van der Waals surface area contributed by atoms with E-state index in [1.54, 1.807) is 24.3 Å². The maximum Gasteiger partial charge on any atom is 0.248 e. The predicted molar refractivity (Wildman–Crippen MR) is 109 cm³/mol. The number of ether oxygens (including phenoxy) is 3. The summed E-state index contributed by atoms with van der Waals surface area (Å²) in [6.45, 7) is 4.98. The molecule has 0 aromatic heterocycles. The number of nitrogens with one attached hydrogen (secondary N) is 1. The molecule has 0 saturated carbocycles. The molecule has 0 aliphatic rings. The van der Waals surface area contributed by atoms with E-state index in [-0.39, 0.29) is 5.91 Å². The molecule has 1 amide bonds. The number of hydrogen-bond donors (Lipinski definition) is 1. The van der Waals surface area contributed by atoms with E-state index in [9.17, 15) is 4.79 Å². The molecule has 1 N–H and O–H groups in total. The summed E-state index contributed by atoms with van der Waals surface area (Å²) >= 11 is 6.23. The number of para-hydroxylation sites is 2. The molecule has 0 spiro atoms. The molecule has 0 radical (unpaired) electrons. The van der Waals surface area contributed by atoms with Crippen molar-refractivity contribution in [2.45, 2.75) is 20.3 Å². The summed E-state index contributed by atoms with van der Waals surface area (Å²) in [5.41, 5.74) is 1.36. The number of benzene rings is 2. The average molecular weight is 390 g/mol. The number of carbonyl (C=O) groups excluding carboxylic acids is 1. The molecule has 144 valence electrons. The zero-order valence-corrected chi connectivity index (χ0v) is 16.5. The number of rotatable bonds is 9. The van der Waals surface area contributed by atoms with Crippen molar-refractivity contribution in [1.82, 2.24) is 0 Å². The number of halogens is 1. The summed E-state index contributed by atoms with van der Waals surface area (Å²) in [7, 11) is 1.53. The third-order valence-electron chi connectivity index (χ3n) is 3.57. The number of methoxy groups -OCH3 is 1. The SMILES string of the molecule is CCCOc1ccccc1NC(=O)/C=C/c1cc(Cl)c(OC)c(OCC)c1. The molecule has 6 heteroatoms. The molecule has 0 bridgehead atoms. The van der Waals surface area contributed by atoms with Gasteiger partial charge in [0.25, 0.3) is 0 Å². The van der Waals surface area contributed by atoms with Gasteiger partial charge in [-0.25, -0.2) is 0 Å². The Kier molecular flexibility index (Phi) is 8.01. The lowest BCUT2D eigenvalue weighted by atomic mass is 10.2. The summed E-state index contributed by atoms with van der Waals surface area (Å²) in [5.74, 6) is 1.38. The third kappa shape index (κ3) is 5.93. The van der Waals surface area contributed by atoms with Crippen molar-refractivity contribution in [2.75, 3.05) is 25.6 Å². The first-order valence-electron chi connectivity index (χ1n) is 8.80. The number of carbonyl (C=O) groups is 1. The third-order valence-corrected chi connectivity index (χ3v) is 3.85. The lowest BCUT2D eigenvalue weighted by Crippen LogP contribution is -2.09.